The van der Waals surface area contributed by atoms with E-state index in [1.54, 1.807) is 60.7 Å². The first kappa shape index (κ1) is 28.0. The Bertz CT molecular complexity index is 1970. The predicted molar refractivity (Wildman–Crippen MR) is 159 cm³/mol. The minimum absolute atomic E-state index is 0.0288. The molecule has 2 aromatic heterocycles. The highest BCUT2D eigenvalue weighted by Crippen LogP contribution is 2.39. The fourth-order valence-electron chi connectivity index (χ4n) is 5.02. The Labute approximate surface area is 250 Å². The summed E-state index contributed by atoms with van der Waals surface area (Å²) in [5, 5.41) is 6.70. The molecule has 1 unspecified atom stereocenters. The predicted octanol–water partition coefficient (Wildman–Crippen LogP) is 6.20. The quantitative estimate of drug-likeness (QED) is 0.234. The zero-order chi connectivity index (χ0) is 29.6. The summed E-state index contributed by atoms with van der Waals surface area (Å²) in [6, 6.07) is 19.5. The number of nitrogens with zero attached hydrogens (tertiary/aromatic N) is 3. The number of hydrazone groups is 1. The van der Waals surface area contributed by atoms with E-state index in [1.165, 1.54) is 0 Å². The second kappa shape index (κ2) is 10.9. The van der Waals surface area contributed by atoms with Gasteiger partial charge < -0.3 is 4.98 Å². The summed E-state index contributed by atoms with van der Waals surface area (Å²) >= 11 is 12.7. The number of halogens is 4. The first-order valence-corrected chi connectivity index (χ1v) is 14.1. The standard InChI is InChI=1S/C29H19Cl2F2N5O3S/c30-17-9-5-15(6-10-17)22-13-21(36-38(22)27(40)29(32,33)14-23-35-28(41)42-37-23)25-24(16-7-11-18(31)12-8-16)19-3-1-2-4-20(19)34-26(25)39/h1-12,22H,13-14H2,(H,34,39)(H,35,37,41). The van der Waals surface area contributed by atoms with Crippen molar-refractivity contribution in [2.24, 2.45) is 5.10 Å². The molecule has 0 aliphatic carbocycles. The molecule has 1 aliphatic rings. The van der Waals surface area contributed by atoms with Crippen LogP contribution < -0.4 is 10.4 Å². The van der Waals surface area contributed by atoms with Gasteiger partial charge in [0.25, 0.3) is 5.56 Å². The maximum Gasteiger partial charge on any atom is 0.333 e. The van der Waals surface area contributed by atoms with Crippen LogP contribution in [0.5, 0.6) is 0 Å². The molecule has 3 heterocycles. The fourth-order valence-corrected chi connectivity index (χ4v) is 5.74. The van der Waals surface area contributed by atoms with Crippen molar-refractivity contribution in [2.45, 2.75) is 24.8 Å². The molecule has 0 spiro atoms. The number of carbonyl (C=O) groups excluding carboxylic acids is 1. The lowest BCUT2D eigenvalue weighted by Crippen LogP contribution is -2.42. The van der Waals surface area contributed by atoms with Crippen LogP contribution in [0.15, 0.2) is 87.5 Å². The molecule has 0 bridgehead atoms. The number of pyridine rings is 1. The third-order valence-corrected chi connectivity index (χ3v) is 7.99. The zero-order valence-corrected chi connectivity index (χ0v) is 23.7. The highest BCUT2D eigenvalue weighted by Gasteiger charge is 2.48. The largest absolute Gasteiger partial charge is 0.333 e. The molecule has 8 nitrogen and oxygen atoms in total. The number of nitrogens with one attached hydrogen (secondary N) is 2. The van der Waals surface area contributed by atoms with E-state index in [4.69, 9.17) is 23.2 Å². The summed E-state index contributed by atoms with van der Waals surface area (Å²) < 4.78 is 34.5. The second-order valence-electron chi connectivity index (χ2n) is 9.65. The highest BCUT2D eigenvalue weighted by molar-refractivity contribution is 7.02. The van der Waals surface area contributed by atoms with Gasteiger partial charge in [0.1, 0.15) is 5.82 Å². The van der Waals surface area contributed by atoms with Gasteiger partial charge in [0.15, 0.2) is 0 Å². The number of aromatic amines is 2. The van der Waals surface area contributed by atoms with Gasteiger partial charge in [-0.25, -0.2) is 5.01 Å². The normalized spacial score (nSPS) is 15.3. The van der Waals surface area contributed by atoms with Gasteiger partial charge in [-0.3, -0.25) is 19.4 Å². The molecule has 1 amide bonds. The summed E-state index contributed by atoms with van der Waals surface area (Å²) in [5.41, 5.74) is 2.06. The van der Waals surface area contributed by atoms with E-state index in [0.717, 1.165) is 0 Å². The second-order valence-corrected chi connectivity index (χ2v) is 11.3. The number of rotatable bonds is 6. The Morgan fingerprint density at radius 2 is 1.62 bits per heavy atom. The SMILES string of the molecule is O=C(N1N=C(c2c(-c3ccc(Cl)cc3)c3ccccc3[nH]c2=O)CC1c1ccc(Cl)cc1)C(F)(F)Cc1nsc(=O)[nH]1. The number of H-pyrrole nitrogens is 2. The van der Waals surface area contributed by atoms with Crippen LogP contribution in [0.2, 0.25) is 10.0 Å². The molecule has 13 heteroatoms. The lowest BCUT2D eigenvalue weighted by atomic mass is 9.91. The summed E-state index contributed by atoms with van der Waals surface area (Å²) in [6.45, 7) is 0. The monoisotopic (exact) mass is 625 g/mol. The van der Waals surface area contributed by atoms with E-state index in [1.807, 2.05) is 12.1 Å². The molecule has 5 aromatic rings. The average Bonchev–Trinajstić information content (AvgIpc) is 3.58. The van der Waals surface area contributed by atoms with Gasteiger partial charge in [0.2, 0.25) is 0 Å². The van der Waals surface area contributed by atoms with Crippen molar-refractivity contribution in [3.8, 4) is 11.1 Å². The number of hydrogen-bond acceptors (Lipinski definition) is 6. The van der Waals surface area contributed by atoms with Gasteiger partial charge >= 0.3 is 16.7 Å². The molecule has 3 aromatic carbocycles. The molecule has 0 fully saturated rings. The highest BCUT2D eigenvalue weighted by atomic mass is 35.5. The van der Waals surface area contributed by atoms with Gasteiger partial charge in [-0.1, -0.05) is 65.7 Å². The van der Waals surface area contributed by atoms with Crippen molar-refractivity contribution in [2.75, 3.05) is 0 Å². The van der Waals surface area contributed by atoms with E-state index in [2.05, 4.69) is 19.4 Å². The molecule has 0 saturated heterocycles. The molecule has 6 rings (SSSR count). The molecular formula is C29H19Cl2F2N5O3S. The average molecular weight is 626 g/mol. The van der Waals surface area contributed by atoms with Crippen LogP contribution in [-0.2, 0) is 11.2 Å². The van der Waals surface area contributed by atoms with Crippen LogP contribution in [0.1, 0.15) is 29.4 Å². The van der Waals surface area contributed by atoms with E-state index in [0.29, 0.717) is 54.2 Å². The fraction of sp³-hybridized carbons (Fsp3) is 0.138. The van der Waals surface area contributed by atoms with Crippen LogP contribution in [0.4, 0.5) is 8.78 Å². The first-order chi connectivity index (χ1) is 20.1. The van der Waals surface area contributed by atoms with Crippen molar-refractivity contribution in [1.82, 2.24) is 19.4 Å². The molecular weight excluding hydrogens is 607 g/mol. The molecule has 0 saturated carbocycles. The van der Waals surface area contributed by atoms with Gasteiger partial charge in [0, 0.05) is 44.5 Å². The minimum atomic E-state index is -3.96. The Morgan fingerprint density at radius 1 is 0.952 bits per heavy atom. The molecule has 42 heavy (non-hydrogen) atoms. The lowest BCUT2D eigenvalue weighted by molar-refractivity contribution is -0.159. The summed E-state index contributed by atoms with van der Waals surface area (Å²) in [4.78, 5) is 42.9. The van der Waals surface area contributed by atoms with Crippen LogP contribution >= 0.6 is 34.7 Å². The van der Waals surface area contributed by atoms with Crippen molar-refractivity contribution in [3.63, 3.8) is 0 Å². The van der Waals surface area contributed by atoms with Gasteiger partial charge in [-0.2, -0.15) is 18.3 Å². The maximum atomic E-state index is 15.4. The van der Waals surface area contributed by atoms with Gasteiger partial charge in [-0.15, -0.1) is 0 Å². The molecule has 212 valence electrons. The van der Waals surface area contributed by atoms with E-state index < -0.39 is 34.7 Å². The van der Waals surface area contributed by atoms with Crippen LogP contribution in [0, 0.1) is 0 Å². The topological polar surface area (TPSA) is 111 Å². The molecule has 1 atom stereocenters. The number of amides is 1. The third kappa shape index (κ3) is 5.26. The van der Waals surface area contributed by atoms with Crippen molar-refractivity contribution in [1.29, 1.82) is 0 Å². The number of benzene rings is 3. The molecule has 1 aliphatic heterocycles. The van der Waals surface area contributed by atoms with E-state index in [-0.39, 0.29) is 23.5 Å². The Morgan fingerprint density at radius 3 is 2.29 bits per heavy atom. The number of aromatic nitrogens is 3. The van der Waals surface area contributed by atoms with Gasteiger partial charge in [-0.05, 0) is 41.5 Å². The lowest BCUT2D eigenvalue weighted by Gasteiger charge is -2.25. The van der Waals surface area contributed by atoms with Crippen LogP contribution in [-0.4, -0.2) is 36.9 Å². The zero-order valence-electron chi connectivity index (χ0n) is 21.4. The number of hydrogen-bond donors (Lipinski definition) is 2. The van der Waals surface area contributed by atoms with Crippen LogP contribution in [0.25, 0.3) is 22.0 Å². The summed E-state index contributed by atoms with van der Waals surface area (Å²) in [7, 11) is 0. The Kier molecular flexibility index (Phi) is 7.25. The maximum absolute atomic E-state index is 15.4. The molecule has 2 N–H and O–H groups in total. The third-order valence-electron chi connectivity index (χ3n) is 6.90. The van der Waals surface area contributed by atoms with E-state index >= 15 is 8.78 Å². The number of fused-ring (bicyclic) bond motifs is 1. The first-order valence-electron chi connectivity index (χ1n) is 12.6. The van der Waals surface area contributed by atoms with Crippen LogP contribution in [0.3, 0.4) is 0 Å². The number of para-hydroxylation sites is 1. The Hall–Kier alpha value is -4.19. The van der Waals surface area contributed by atoms with Crippen molar-refractivity contribution < 1.29 is 13.6 Å². The minimum Gasteiger partial charge on any atom is -0.321 e. The molecule has 0 radical (unpaired) electrons. The van der Waals surface area contributed by atoms with Crippen molar-refractivity contribution in [3.05, 3.63) is 120 Å². The summed E-state index contributed by atoms with van der Waals surface area (Å²) in [5.74, 6) is -5.88. The van der Waals surface area contributed by atoms with Gasteiger partial charge in [0.05, 0.1) is 23.7 Å². The Balaban J connectivity index is 1.51. The van der Waals surface area contributed by atoms with Crippen molar-refractivity contribution >= 4 is 57.3 Å². The number of alkyl halides is 2. The summed E-state index contributed by atoms with van der Waals surface area (Å²) in [6.07, 6.45) is -1.15. The smallest absolute Gasteiger partial charge is 0.321 e. The van der Waals surface area contributed by atoms with E-state index in [9.17, 15) is 14.4 Å². The number of carbonyl (C=O) groups is 1.